The molecule has 98 valence electrons. The molecule has 1 N–H and O–H groups in total. The third-order valence-corrected chi connectivity index (χ3v) is 2.54. The molecule has 0 atom stereocenters. The average Bonchev–Trinajstić information content (AvgIpc) is 2.87. The minimum Gasteiger partial charge on any atom is -0.312 e. The number of nitrogens with one attached hydrogen (secondary N) is 1. The summed E-state index contributed by atoms with van der Waals surface area (Å²) in [5.41, 5.74) is 1.03. The van der Waals surface area contributed by atoms with Crippen LogP contribution in [0.25, 0.3) is 5.82 Å². The van der Waals surface area contributed by atoms with Gasteiger partial charge in [-0.2, -0.15) is 5.26 Å². The monoisotopic (exact) mass is 256 g/mol. The topological polar surface area (TPSA) is 79.4 Å². The molecular formula is C13H16N6. The van der Waals surface area contributed by atoms with E-state index in [1.54, 1.807) is 6.20 Å². The average molecular weight is 256 g/mol. The van der Waals surface area contributed by atoms with Crippen LogP contribution in [-0.2, 0) is 6.54 Å². The minimum absolute atomic E-state index is 0.145. The molecule has 0 aliphatic heterocycles. The van der Waals surface area contributed by atoms with Gasteiger partial charge in [-0.3, -0.25) is 0 Å². The lowest BCUT2D eigenvalue weighted by Gasteiger charge is -2.10. The van der Waals surface area contributed by atoms with Crippen LogP contribution in [-0.4, -0.2) is 26.3 Å². The van der Waals surface area contributed by atoms with Gasteiger partial charge in [-0.1, -0.05) is 19.9 Å². The molecule has 0 bridgehead atoms. The first kappa shape index (κ1) is 13.2. The Balaban J connectivity index is 2.18. The third kappa shape index (κ3) is 3.36. The Morgan fingerprint density at radius 1 is 1.42 bits per heavy atom. The highest BCUT2D eigenvalue weighted by molar-refractivity contribution is 5.32. The standard InChI is InChI=1S/C13H16N6/c1-10(2)7-15-8-11-4-3-5-16-13(11)19-9-17-12(6-14)18-19/h3-5,9-10,15H,7-8H2,1-2H3. The number of pyridine rings is 1. The highest BCUT2D eigenvalue weighted by Gasteiger charge is 2.08. The minimum atomic E-state index is 0.145. The van der Waals surface area contributed by atoms with Crippen molar-refractivity contribution in [2.45, 2.75) is 20.4 Å². The van der Waals surface area contributed by atoms with Gasteiger partial charge in [-0.15, -0.1) is 5.10 Å². The van der Waals surface area contributed by atoms with Crippen molar-refractivity contribution in [2.75, 3.05) is 6.54 Å². The highest BCUT2D eigenvalue weighted by Crippen LogP contribution is 2.10. The van der Waals surface area contributed by atoms with Gasteiger partial charge in [0, 0.05) is 18.3 Å². The van der Waals surface area contributed by atoms with Crippen molar-refractivity contribution < 1.29 is 0 Å². The van der Waals surface area contributed by atoms with E-state index in [2.05, 4.69) is 34.2 Å². The molecule has 6 nitrogen and oxygen atoms in total. The molecule has 2 heterocycles. The normalized spacial score (nSPS) is 10.6. The van der Waals surface area contributed by atoms with Crippen molar-refractivity contribution in [3.63, 3.8) is 0 Å². The van der Waals surface area contributed by atoms with E-state index >= 15 is 0 Å². The molecule has 0 saturated heterocycles. The van der Waals surface area contributed by atoms with Crippen LogP contribution in [0.1, 0.15) is 25.2 Å². The van der Waals surface area contributed by atoms with Gasteiger partial charge in [0.1, 0.15) is 12.4 Å². The summed E-state index contributed by atoms with van der Waals surface area (Å²) in [6.45, 7) is 5.97. The van der Waals surface area contributed by atoms with E-state index in [1.165, 1.54) is 11.0 Å². The Hall–Kier alpha value is -2.26. The van der Waals surface area contributed by atoms with Crippen molar-refractivity contribution in [2.24, 2.45) is 5.92 Å². The summed E-state index contributed by atoms with van der Waals surface area (Å²) in [6.07, 6.45) is 3.21. The molecule has 6 heteroatoms. The van der Waals surface area contributed by atoms with Gasteiger partial charge in [0.15, 0.2) is 5.82 Å². The maximum atomic E-state index is 8.75. The lowest BCUT2D eigenvalue weighted by Crippen LogP contribution is -2.20. The molecule has 0 aliphatic carbocycles. The largest absolute Gasteiger partial charge is 0.312 e. The third-order valence-electron chi connectivity index (χ3n) is 2.54. The summed E-state index contributed by atoms with van der Waals surface area (Å²) in [6, 6.07) is 5.78. The lowest BCUT2D eigenvalue weighted by molar-refractivity contribution is 0.550. The highest BCUT2D eigenvalue weighted by atomic mass is 15.4. The second kappa shape index (κ2) is 6.07. The zero-order valence-electron chi connectivity index (χ0n) is 11.0. The molecule has 0 aromatic carbocycles. The first-order chi connectivity index (χ1) is 9.20. The van der Waals surface area contributed by atoms with E-state index in [0.29, 0.717) is 18.3 Å². The van der Waals surface area contributed by atoms with Crippen LogP contribution in [0.5, 0.6) is 0 Å². The van der Waals surface area contributed by atoms with E-state index in [4.69, 9.17) is 5.26 Å². The second-order valence-corrected chi connectivity index (χ2v) is 4.64. The van der Waals surface area contributed by atoms with Crippen LogP contribution >= 0.6 is 0 Å². The molecule has 19 heavy (non-hydrogen) atoms. The van der Waals surface area contributed by atoms with Crippen molar-refractivity contribution in [3.8, 4) is 11.9 Å². The van der Waals surface area contributed by atoms with Gasteiger partial charge in [-0.25, -0.2) is 14.6 Å². The summed E-state index contributed by atoms with van der Waals surface area (Å²) in [5.74, 6) is 1.44. The maximum absolute atomic E-state index is 8.75. The van der Waals surface area contributed by atoms with Gasteiger partial charge < -0.3 is 5.32 Å². The van der Waals surface area contributed by atoms with E-state index in [-0.39, 0.29) is 5.82 Å². The quantitative estimate of drug-likeness (QED) is 0.871. The molecule has 0 fully saturated rings. The number of hydrogen-bond donors (Lipinski definition) is 1. The zero-order chi connectivity index (χ0) is 13.7. The van der Waals surface area contributed by atoms with Crippen molar-refractivity contribution >= 4 is 0 Å². The van der Waals surface area contributed by atoms with E-state index < -0.39 is 0 Å². The zero-order valence-corrected chi connectivity index (χ0v) is 11.0. The van der Waals surface area contributed by atoms with E-state index in [0.717, 1.165) is 12.1 Å². The molecule has 2 aromatic rings. The van der Waals surface area contributed by atoms with Crippen LogP contribution < -0.4 is 5.32 Å². The number of aromatic nitrogens is 4. The van der Waals surface area contributed by atoms with Crippen LogP contribution in [0.2, 0.25) is 0 Å². The Bertz CT molecular complexity index is 581. The first-order valence-electron chi connectivity index (χ1n) is 6.17. The molecule has 0 spiro atoms. The van der Waals surface area contributed by atoms with Crippen LogP contribution in [0.4, 0.5) is 0 Å². The fourth-order valence-corrected chi connectivity index (χ4v) is 1.69. The van der Waals surface area contributed by atoms with Crippen molar-refractivity contribution in [3.05, 3.63) is 36.0 Å². The number of hydrogen-bond acceptors (Lipinski definition) is 5. The van der Waals surface area contributed by atoms with Crippen LogP contribution in [0.3, 0.4) is 0 Å². The summed E-state index contributed by atoms with van der Waals surface area (Å²) in [7, 11) is 0. The van der Waals surface area contributed by atoms with Gasteiger partial charge in [0.05, 0.1) is 0 Å². The van der Waals surface area contributed by atoms with E-state index in [1.807, 2.05) is 18.2 Å². The Morgan fingerprint density at radius 2 is 2.26 bits per heavy atom. The number of nitriles is 1. The molecule has 0 radical (unpaired) electrons. The fourth-order valence-electron chi connectivity index (χ4n) is 1.69. The predicted octanol–water partition coefficient (Wildman–Crippen LogP) is 1.28. The molecule has 0 amide bonds. The fraction of sp³-hybridized carbons (Fsp3) is 0.385. The molecule has 0 saturated carbocycles. The molecular weight excluding hydrogens is 240 g/mol. The van der Waals surface area contributed by atoms with Crippen molar-refractivity contribution in [1.82, 2.24) is 25.1 Å². The molecule has 0 unspecified atom stereocenters. The first-order valence-corrected chi connectivity index (χ1v) is 6.17. The SMILES string of the molecule is CC(C)CNCc1cccnc1-n1cnc(C#N)n1. The summed E-state index contributed by atoms with van der Waals surface area (Å²) >= 11 is 0. The second-order valence-electron chi connectivity index (χ2n) is 4.64. The lowest BCUT2D eigenvalue weighted by atomic mass is 10.2. The maximum Gasteiger partial charge on any atom is 0.252 e. The van der Waals surface area contributed by atoms with Crippen molar-refractivity contribution in [1.29, 1.82) is 5.26 Å². The van der Waals surface area contributed by atoms with Crippen LogP contribution in [0.15, 0.2) is 24.7 Å². The summed E-state index contributed by atoms with van der Waals surface area (Å²) in [5, 5.41) is 16.2. The van der Waals surface area contributed by atoms with Gasteiger partial charge >= 0.3 is 0 Å². The smallest absolute Gasteiger partial charge is 0.252 e. The Morgan fingerprint density at radius 3 is 2.95 bits per heavy atom. The number of nitrogens with zero attached hydrogens (tertiary/aromatic N) is 5. The van der Waals surface area contributed by atoms with Gasteiger partial charge in [-0.05, 0) is 18.5 Å². The predicted molar refractivity (Wildman–Crippen MR) is 70.4 cm³/mol. The Labute approximate surface area is 112 Å². The molecule has 2 aromatic heterocycles. The van der Waals surface area contributed by atoms with Gasteiger partial charge in [0.2, 0.25) is 0 Å². The summed E-state index contributed by atoms with van der Waals surface area (Å²) in [4.78, 5) is 8.20. The molecule has 2 rings (SSSR count). The van der Waals surface area contributed by atoms with Gasteiger partial charge in [0.25, 0.3) is 5.82 Å². The number of rotatable bonds is 5. The van der Waals surface area contributed by atoms with E-state index in [9.17, 15) is 0 Å². The Kier molecular flexibility index (Phi) is 4.21. The van der Waals surface area contributed by atoms with Crippen LogP contribution in [0, 0.1) is 17.2 Å². The molecule has 0 aliphatic rings. The summed E-state index contributed by atoms with van der Waals surface area (Å²) < 4.78 is 1.53.